The Balaban J connectivity index is 3.04. The predicted octanol–water partition coefficient (Wildman–Crippen LogP) is 3.43. The molecule has 0 aliphatic rings. The van der Waals surface area contributed by atoms with Gasteiger partial charge in [0.1, 0.15) is 0 Å². The maximum absolute atomic E-state index is 11.7. The van der Waals surface area contributed by atoms with Crippen LogP contribution in [0.3, 0.4) is 0 Å². The van der Waals surface area contributed by atoms with Gasteiger partial charge in [-0.2, -0.15) is 0 Å². The molecular weight excluding hydrogens is 200 g/mol. The molecule has 0 saturated heterocycles. The number of carbonyl (C=O) groups is 1. The molecule has 1 aromatic rings. The standard InChI is InChI=1S/C14H18O2/c1-4-13(14(15)16-5-2)11(3)12-9-7-6-8-10-12/h6-10H,4-5H2,1-3H3/b13-11-. The van der Waals surface area contributed by atoms with Crippen LogP contribution >= 0.6 is 0 Å². The fourth-order valence-electron chi connectivity index (χ4n) is 1.64. The van der Waals surface area contributed by atoms with Crippen LogP contribution in [-0.4, -0.2) is 12.6 Å². The van der Waals surface area contributed by atoms with E-state index in [-0.39, 0.29) is 5.97 Å². The maximum atomic E-state index is 11.7. The minimum absolute atomic E-state index is 0.202. The summed E-state index contributed by atoms with van der Waals surface area (Å²) in [5.41, 5.74) is 2.84. The van der Waals surface area contributed by atoms with E-state index in [1.807, 2.05) is 51.1 Å². The van der Waals surface area contributed by atoms with Gasteiger partial charge < -0.3 is 4.74 Å². The van der Waals surface area contributed by atoms with Gasteiger partial charge in [-0.3, -0.25) is 0 Å². The van der Waals surface area contributed by atoms with Crippen molar-refractivity contribution in [3.63, 3.8) is 0 Å². The van der Waals surface area contributed by atoms with Gasteiger partial charge in [-0.15, -0.1) is 0 Å². The Kier molecular flexibility index (Phi) is 4.77. The summed E-state index contributed by atoms with van der Waals surface area (Å²) >= 11 is 0. The minimum atomic E-state index is -0.202. The lowest BCUT2D eigenvalue weighted by Crippen LogP contribution is -2.08. The van der Waals surface area contributed by atoms with Crippen molar-refractivity contribution in [1.29, 1.82) is 0 Å². The first-order valence-corrected chi connectivity index (χ1v) is 5.63. The van der Waals surface area contributed by atoms with Crippen LogP contribution in [0.5, 0.6) is 0 Å². The molecule has 0 aromatic heterocycles. The molecule has 0 saturated carbocycles. The molecule has 1 aromatic carbocycles. The lowest BCUT2D eigenvalue weighted by molar-refractivity contribution is -0.138. The normalized spacial score (nSPS) is 11.9. The minimum Gasteiger partial charge on any atom is -0.463 e. The lowest BCUT2D eigenvalue weighted by atomic mass is 10.00. The smallest absolute Gasteiger partial charge is 0.334 e. The fourth-order valence-corrected chi connectivity index (χ4v) is 1.64. The number of ether oxygens (including phenoxy) is 1. The van der Waals surface area contributed by atoms with Gasteiger partial charge in [0.05, 0.1) is 6.61 Å². The van der Waals surface area contributed by atoms with Gasteiger partial charge in [-0.25, -0.2) is 4.79 Å². The highest BCUT2D eigenvalue weighted by atomic mass is 16.5. The molecule has 16 heavy (non-hydrogen) atoms. The van der Waals surface area contributed by atoms with Crippen molar-refractivity contribution in [2.24, 2.45) is 0 Å². The summed E-state index contributed by atoms with van der Waals surface area (Å²) in [5.74, 6) is -0.202. The summed E-state index contributed by atoms with van der Waals surface area (Å²) in [4.78, 5) is 11.7. The molecule has 0 aliphatic carbocycles. The van der Waals surface area contributed by atoms with E-state index in [4.69, 9.17) is 4.74 Å². The van der Waals surface area contributed by atoms with Crippen molar-refractivity contribution < 1.29 is 9.53 Å². The van der Waals surface area contributed by atoms with Crippen molar-refractivity contribution in [2.45, 2.75) is 27.2 Å². The third kappa shape index (κ3) is 2.96. The highest BCUT2D eigenvalue weighted by molar-refractivity contribution is 5.97. The second kappa shape index (κ2) is 6.11. The van der Waals surface area contributed by atoms with Gasteiger partial charge in [-0.05, 0) is 31.4 Å². The zero-order valence-electron chi connectivity index (χ0n) is 10.1. The second-order valence-corrected chi connectivity index (χ2v) is 3.54. The van der Waals surface area contributed by atoms with Crippen molar-refractivity contribution in [3.05, 3.63) is 41.5 Å². The van der Waals surface area contributed by atoms with Crippen LogP contribution in [-0.2, 0) is 9.53 Å². The van der Waals surface area contributed by atoms with Crippen LogP contribution in [0.4, 0.5) is 0 Å². The molecule has 0 heterocycles. The SMILES string of the molecule is CCOC(=O)/C(CC)=C(/C)c1ccccc1. The van der Waals surface area contributed by atoms with Crippen LogP contribution in [0.2, 0.25) is 0 Å². The average Bonchev–Trinajstić information content (AvgIpc) is 2.31. The summed E-state index contributed by atoms with van der Waals surface area (Å²) in [7, 11) is 0. The van der Waals surface area contributed by atoms with Crippen molar-refractivity contribution in [3.8, 4) is 0 Å². The largest absolute Gasteiger partial charge is 0.463 e. The number of rotatable bonds is 4. The number of carbonyl (C=O) groups excluding carboxylic acids is 1. The summed E-state index contributed by atoms with van der Waals surface area (Å²) in [5, 5.41) is 0. The van der Waals surface area contributed by atoms with Crippen LogP contribution in [0, 0.1) is 0 Å². The van der Waals surface area contributed by atoms with Gasteiger partial charge in [0.25, 0.3) is 0 Å². The van der Waals surface area contributed by atoms with Gasteiger partial charge >= 0.3 is 5.97 Å². The van der Waals surface area contributed by atoms with Crippen molar-refractivity contribution in [2.75, 3.05) is 6.61 Å². The Bertz CT molecular complexity index is 377. The first-order chi connectivity index (χ1) is 7.70. The van der Waals surface area contributed by atoms with E-state index in [2.05, 4.69) is 0 Å². The molecule has 1 rings (SSSR count). The molecule has 0 amide bonds. The second-order valence-electron chi connectivity index (χ2n) is 3.54. The van der Waals surface area contributed by atoms with E-state index in [0.717, 1.165) is 16.7 Å². The van der Waals surface area contributed by atoms with Crippen LogP contribution in [0.15, 0.2) is 35.9 Å². The summed E-state index contributed by atoms with van der Waals surface area (Å²) in [6.07, 6.45) is 0.694. The van der Waals surface area contributed by atoms with E-state index in [0.29, 0.717) is 13.0 Å². The molecule has 2 nitrogen and oxygen atoms in total. The van der Waals surface area contributed by atoms with Gasteiger partial charge in [0, 0.05) is 5.57 Å². The lowest BCUT2D eigenvalue weighted by Gasteiger charge is -2.09. The number of hydrogen-bond donors (Lipinski definition) is 0. The number of benzene rings is 1. The van der Waals surface area contributed by atoms with E-state index in [1.165, 1.54) is 0 Å². The number of allylic oxidation sites excluding steroid dienone is 1. The molecule has 86 valence electrons. The van der Waals surface area contributed by atoms with Gasteiger partial charge in [0.15, 0.2) is 0 Å². The predicted molar refractivity (Wildman–Crippen MR) is 66.0 cm³/mol. The van der Waals surface area contributed by atoms with E-state index in [9.17, 15) is 4.79 Å². The molecule has 0 unspecified atom stereocenters. The monoisotopic (exact) mass is 218 g/mol. The van der Waals surface area contributed by atoms with Gasteiger partial charge in [0.2, 0.25) is 0 Å². The maximum Gasteiger partial charge on any atom is 0.334 e. The van der Waals surface area contributed by atoms with Crippen LogP contribution in [0.1, 0.15) is 32.8 Å². The molecular formula is C14H18O2. The Morgan fingerprint density at radius 3 is 2.31 bits per heavy atom. The Hall–Kier alpha value is -1.57. The molecule has 2 heteroatoms. The topological polar surface area (TPSA) is 26.3 Å². The van der Waals surface area contributed by atoms with Gasteiger partial charge in [-0.1, -0.05) is 37.3 Å². The highest BCUT2D eigenvalue weighted by Gasteiger charge is 2.12. The fraction of sp³-hybridized carbons (Fsp3) is 0.357. The Morgan fingerprint density at radius 2 is 1.81 bits per heavy atom. The molecule has 0 radical (unpaired) electrons. The number of esters is 1. The molecule has 0 atom stereocenters. The zero-order valence-corrected chi connectivity index (χ0v) is 10.1. The molecule has 0 aliphatic heterocycles. The third-order valence-electron chi connectivity index (χ3n) is 2.53. The highest BCUT2D eigenvalue weighted by Crippen LogP contribution is 2.21. The molecule has 0 bridgehead atoms. The van der Waals surface area contributed by atoms with E-state index < -0.39 is 0 Å². The molecule has 0 N–H and O–H groups in total. The molecule has 0 fully saturated rings. The van der Waals surface area contributed by atoms with Crippen molar-refractivity contribution in [1.82, 2.24) is 0 Å². The number of hydrogen-bond acceptors (Lipinski definition) is 2. The Labute approximate surface area is 96.9 Å². The molecule has 0 spiro atoms. The summed E-state index contributed by atoms with van der Waals surface area (Å²) in [6.45, 7) is 6.18. The quantitative estimate of drug-likeness (QED) is 0.571. The van der Waals surface area contributed by atoms with Crippen LogP contribution < -0.4 is 0 Å². The summed E-state index contributed by atoms with van der Waals surface area (Å²) in [6, 6.07) is 9.91. The third-order valence-corrected chi connectivity index (χ3v) is 2.53. The zero-order chi connectivity index (χ0) is 12.0. The van der Waals surface area contributed by atoms with E-state index in [1.54, 1.807) is 0 Å². The van der Waals surface area contributed by atoms with E-state index >= 15 is 0 Å². The summed E-state index contributed by atoms with van der Waals surface area (Å²) < 4.78 is 5.04. The average molecular weight is 218 g/mol. The van der Waals surface area contributed by atoms with Crippen molar-refractivity contribution >= 4 is 11.5 Å². The first-order valence-electron chi connectivity index (χ1n) is 5.63. The Morgan fingerprint density at radius 1 is 1.19 bits per heavy atom. The first kappa shape index (κ1) is 12.5. The van der Waals surface area contributed by atoms with Crippen LogP contribution in [0.25, 0.3) is 5.57 Å².